The van der Waals surface area contributed by atoms with Crippen molar-refractivity contribution in [3.63, 3.8) is 0 Å². The van der Waals surface area contributed by atoms with Crippen molar-refractivity contribution in [2.24, 2.45) is 17.3 Å². The van der Waals surface area contributed by atoms with Crippen molar-refractivity contribution in [1.82, 2.24) is 0 Å². The third kappa shape index (κ3) is 3.25. The maximum atomic E-state index is 12.5. The summed E-state index contributed by atoms with van der Waals surface area (Å²) < 4.78 is 5.55. The third-order valence-corrected chi connectivity index (χ3v) is 7.93. The number of benzene rings is 2. The lowest BCUT2D eigenvalue weighted by Gasteiger charge is -2.48. The quantitative estimate of drug-likeness (QED) is 0.294. The van der Waals surface area contributed by atoms with Crippen LogP contribution in [0.1, 0.15) is 66.4 Å². The van der Waals surface area contributed by atoms with Crippen molar-refractivity contribution >= 4 is 17.4 Å². The molecule has 0 N–H and O–H groups in total. The van der Waals surface area contributed by atoms with E-state index in [1.165, 1.54) is 35.4 Å². The SMILES string of the molecule is CC12CCC3c4ccc(OC(=O)c5ccc([N+](=O)[O-])cc5)cc4CCC3C1CCC2=O. The molecule has 4 atom stereocenters. The van der Waals surface area contributed by atoms with Crippen LogP contribution >= 0.6 is 0 Å². The molecule has 0 aromatic heterocycles. The lowest BCUT2D eigenvalue weighted by molar-refractivity contribution is -0.384. The molecule has 6 nitrogen and oxygen atoms in total. The fourth-order valence-electron chi connectivity index (χ4n) is 6.28. The molecule has 6 heteroatoms. The molecule has 5 rings (SSSR count). The van der Waals surface area contributed by atoms with E-state index in [-0.39, 0.29) is 16.7 Å². The van der Waals surface area contributed by atoms with Crippen molar-refractivity contribution < 1.29 is 19.2 Å². The summed E-state index contributed by atoms with van der Waals surface area (Å²) in [4.78, 5) is 35.2. The summed E-state index contributed by atoms with van der Waals surface area (Å²) in [5.41, 5.74) is 2.66. The van der Waals surface area contributed by atoms with Crippen LogP contribution in [0.2, 0.25) is 0 Å². The van der Waals surface area contributed by atoms with Crippen LogP contribution in [0, 0.1) is 27.4 Å². The first-order valence-electron chi connectivity index (χ1n) is 11.0. The first kappa shape index (κ1) is 19.9. The Labute approximate surface area is 180 Å². The Balaban J connectivity index is 1.34. The number of aryl methyl sites for hydroxylation is 1. The van der Waals surface area contributed by atoms with E-state index in [4.69, 9.17) is 4.74 Å². The highest BCUT2D eigenvalue weighted by molar-refractivity contribution is 5.91. The summed E-state index contributed by atoms with van der Waals surface area (Å²) >= 11 is 0. The summed E-state index contributed by atoms with van der Waals surface area (Å²) in [6, 6.07) is 11.3. The van der Waals surface area contributed by atoms with Gasteiger partial charge in [-0.3, -0.25) is 14.9 Å². The maximum absolute atomic E-state index is 12.5. The Morgan fingerprint density at radius 3 is 2.61 bits per heavy atom. The van der Waals surface area contributed by atoms with Gasteiger partial charge in [-0.05, 0) is 85.3 Å². The third-order valence-electron chi connectivity index (χ3n) is 7.93. The van der Waals surface area contributed by atoms with Gasteiger partial charge in [-0.15, -0.1) is 0 Å². The predicted octanol–water partition coefficient (Wildman–Crippen LogP) is 5.24. The number of carbonyl (C=O) groups is 2. The van der Waals surface area contributed by atoms with Gasteiger partial charge in [0.15, 0.2) is 0 Å². The molecule has 0 heterocycles. The zero-order chi connectivity index (χ0) is 21.8. The van der Waals surface area contributed by atoms with Gasteiger partial charge in [0.1, 0.15) is 11.5 Å². The minimum atomic E-state index is -0.526. The van der Waals surface area contributed by atoms with Crippen LogP contribution in [0.25, 0.3) is 0 Å². The fraction of sp³-hybridized carbons (Fsp3) is 0.440. The van der Waals surface area contributed by atoms with E-state index in [1.807, 2.05) is 12.1 Å². The molecule has 0 spiro atoms. The second-order valence-electron chi connectivity index (χ2n) is 9.39. The second-order valence-corrected chi connectivity index (χ2v) is 9.39. The zero-order valence-corrected chi connectivity index (χ0v) is 17.5. The molecule has 2 fully saturated rings. The van der Waals surface area contributed by atoms with Gasteiger partial charge in [0.2, 0.25) is 0 Å². The molecular formula is C25H25NO5. The number of hydrogen-bond donors (Lipinski definition) is 0. The van der Waals surface area contributed by atoms with Crippen molar-refractivity contribution in [2.75, 3.05) is 0 Å². The molecule has 31 heavy (non-hydrogen) atoms. The lowest BCUT2D eigenvalue weighted by atomic mass is 9.55. The predicted molar refractivity (Wildman–Crippen MR) is 114 cm³/mol. The van der Waals surface area contributed by atoms with Crippen molar-refractivity contribution in [3.05, 3.63) is 69.3 Å². The van der Waals surface area contributed by atoms with Crippen molar-refractivity contribution in [2.45, 2.75) is 51.4 Å². The van der Waals surface area contributed by atoms with Gasteiger partial charge in [-0.25, -0.2) is 4.79 Å². The second kappa shape index (κ2) is 7.29. The number of ketones is 1. The number of fused-ring (bicyclic) bond motifs is 5. The van der Waals surface area contributed by atoms with Crippen LogP contribution in [0.4, 0.5) is 5.69 Å². The highest BCUT2D eigenvalue weighted by Gasteiger charge is 2.54. The molecule has 160 valence electrons. The van der Waals surface area contributed by atoms with E-state index in [0.29, 0.717) is 29.3 Å². The summed E-state index contributed by atoms with van der Waals surface area (Å²) in [5, 5.41) is 10.8. The summed E-state index contributed by atoms with van der Waals surface area (Å²) in [7, 11) is 0. The molecule has 2 aromatic rings. The van der Waals surface area contributed by atoms with Crippen molar-refractivity contribution in [1.29, 1.82) is 0 Å². The Morgan fingerprint density at radius 1 is 1.10 bits per heavy atom. The smallest absolute Gasteiger partial charge is 0.343 e. The first-order valence-corrected chi connectivity index (χ1v) is 11.0. The molecule has 3 aliphatic rings. The molecule has 3 aliphatic carbocycles. The van der Waals surface area contributed by atoms with Gasteiger partial charge in [-0.1, -0.05) is 13.0 Å². The number of nitro groups is 1. The number of Topliss-reactive ketones (excluding diaryl/α,β-unsaturated/α-hetero) is 1. The summed E-state index contributed by atoms with van der Waals surface area (Å²) in [6.07, 6.45) is 5.77. The Morgan fingerprint density at radius 2 is 1.87 bits per heavy atom. The highest BCUT2D eigenvalue weighted by atomic mass is 16.6. The topological polar surface area (TPSA) is 86.5 Å². The molecule has 4 unspecified atom stereocenters. The molecule has 2 saturated carbocycles. The number of carbonyl (C=O) groups excluding carboxylic acids is 2. The number of rotatable bonds is 3. The number of ether oxygens (including phenoxy) is 1. The van der Waals surface area contributed by atoms with Crippen LogP contribution in [0.3, 0.4) is 0 Å². The van der Waals surface area contributed by atoms with E-state index >= 15 is 0 Å². The molecule has 0 amide bonds. The van der Waals surface area contributed by atoms with Crippen LogP contribution in [-0.2, 0) is 11.2 Å². The van der Waals surface area contributed by atoms with E-state index in [2.05, 4.69) is 13.0 Å². The summed E-state index contributed by atoms with van der Waals surface area (Å²) in [5.74, 6) is 1.96. The van der Waals surface area contributed by atoms with Gasteiger partial charge < -0.3 is 4.74 Å². The number of nitrogens with zero attached hydrogens (tertiary/aromatic N) is 1. The molecule has 0 saturated heterocycles. The summed E-state index contributed by atoms with van der Waals surface area (Å²) in [6.45, 7) is 2.18. The molecule has 0 bridgehead atoms. The van der Waals surface area contributed by atoms with Gasteiger partial charge in [0, 0.05) is 24.0 Å². The van der Waals surface area contributed by atoms with Crippen molar-refractivity contribution in [3.8, 4) is 5.75 Å². The normalized spacial score (nSPS) is 28.9. The Kier molecular flexibility index (Phi) is 4.68. The monoisotopic (exact) mass is 419 g/mol. The van der Waals surface area contributed by atoms with E-state index in [0.717, 1.165) is 38.5 Å². The Bertz CT molecular complexity index is 1080. The van der Waals surface area contributed by atoms with Crippen LogP contribution < -0.4 is 4.74 Å². The van der Waals surface area contributed by atoms with E-state index in [1.54, 1.807) is 0 Å². The maximum Gasteiger partial charge on any atom is 0.343 e. The highest BCUT2D eigenvalue weighted by Crippen LogP contribution is 2.59. The number of non-ortho nitro benzene ring substituents is 1. The largest absolute Gasteiger partial charge is 0.423 e. The number of esters is 1. The fourth-order valence-corrected chi connectivity index (χ4v) is 6.28. The Hall–Kier alpha value is -3.02. The van der Waals surface area contributed by atoms with Gasteiger partial charge in [-0.2, -0.15) is 0 Å². The molecular weight excluding hydrogens is 394 g/mol. The number of nitro benzene ring substituents is 1. The van der Waals surface area contributed by atoms with Crippen LogP contribution in [-0.4, -0.2) is 16.7 Å². The number of hydrogen-bond acceptors (Lipinski definition) is 5. The average molecular weight is 419 g/mol. The minimum Gasteiger partial charge on any atom is -0.423 e. The average Bonchev–Trinajstić information content (AvgIpc) is 3.08. The molecule has 0 radical (unpaired) electrons. The minimum absolute atomic E-state index is 0.0626. The van der Waals surface area contributed by atoms with Gasteiger partial charge in [0.25, 0.3) is 5.69 Å². The van der Waals surface area contributed by atoms with Gasteiger partial charge >= 0.3 is 5.97 Å². The van der Waals surface area contributed by atoms with Crippen LogP contribution in [0.5, 0.6) is 5.75 Å². The van der Waals surface area contributed by atoms with Crippen LogP contribution in [0.15, 0.2) is 42.5 Å². The van der Waals surface area contributed by atoms with E-state index < -0.39 is 10.9 Å². The standard InChI is InChI=1S/C25H25NO5/c1-25-13-12-20-19-9-7-18(31-24(28)15-2-5-17(6-3-15)26(29)30)14-16(19)4-8-21(20)22(25)10-11-23(25)27/h2-3,5-7,9,14,20-22H,4,8,10-13H2,1H3. The first-order chi connectivity index (χ1) is 14.9. The molecule has 0 aliphatic heterocycles. The van der Waals surface area contributed by atoms with E-state index in [9.17, 15) is 19.7 Å². The zero-order valence-electron chi connectivity index (χ0n) is 17.5. The lowest BCUT2D eigenvalue weighted by Crippen LogP contribution is -2.42. The van der Waals surface area contributed by atoms with Gasteiger partial charge in [0.05, 0.1) is 10.5 Å². The molecule has 2 aromatic carbocycles.